The molecule has 2 atom stereocenters. The minimum atomic E-state index is 0. The van der Waals surface area contributed by atoms with Crippen LogP contribution in [-0.4, -0.2) is 18.1 Å². The second kappa shape index (κ2) is 6.65. The molecule has 0 aromatic heterocycles. The van der Waals surface area contributed by atoms with Crippen LogP contribution in [-0.2, 0) is 0 Å². The molecule has 0 bridgehead atoms. The van der Waals surface area contributed by atoms with E-state index in [1.165, 1.54) is 25.7 Å². The minimum absolute atomic E-state index is 0. The summed E-state index contributed by atoms with van der Waals surface area (Å²) in [6, 6.07) is 8.56. The number of guanidine groups is 1. The molecule has 2 aliphatic rings. The van der Waals surface area contributed by atoms with Crippen LogP contribution in [0.4, 0.5) is 0 Å². The SMILES string of the molecule is CC1Oc2ccccc2C1N=C(N)NC1CCCC1.I. The number of nitrogens with two attached hydrogens (primary N) is 1. The summed E-state index contributed by atoms with van der Waals surface area (Å²) in [5.74, 6) is 1.47. The van der Waals surface area contributed by atoms with E-state index in [0.29, 0.717) is 12.0 Å². The van der Waals surface area contributed by atoms with E-state index in [-0.39, 0.29) is 36.1 Å². The highest BCUT2D eigenvalue weighted by Gasteiger charge is 2.31. The molecule has 1 aromatic carbocycles. The normalized spacial score (nSPS) is 25.8. The first-order valence-electron chi connectivity index (χ1n) is 7.09. The molecular weight excluding hydrogens is 365 g/mol. The molecule has 1 aliphatic heterocycles. The molecule has 1 saturated carbocycles. The quantitative estimate of drug-likeness (QED) is 0.466. The summed E-state index contributed by atoms with van der Waals surface area (Å²) >= 11 is 0. The van der Waals surface area contributed by atoms with Gasteiger partial charge in [0.1, 0.15) is 17.9 Å². The maximum absolute atomic E-state index is 6.04. The van der Waals surface area contributed by atoms with Crippen LogP contribution >= 0.6 is 24.0 Å². The van der Waals surface area contributed by atoms with Gasteiger partial charge in [0, 0.05) is 11.6 Å². The van der Waals surface area contributed by atoms with Crippen molar-refractivity contribution in [2.75, 3.05) is 0 Å². The van der Waals surface area contributed by atoms with Crippen molar-refractivity contribution in [2.45, 2.75) is 50.8 Å². The second-order valence-electron chi connectivity index (χ2n) is 5.45. The van der Waals surface area contributed by atoms with Crippen LogP contribution in [0.3, 0.4) is 0 Å². The Morgan fingerprint density at radius 3 is 2.75 bits per heavy atom. The number of fused-ring (bicyclic) bond motifs is 1. The molecule has 1 fully saturated rings. The van der Waals surface area contributed by atoms with E-state index >= 15 is 0 Å². The molecule has 1 aromatic rings. The largest absolute Gasteiger partial charge is 0.488 e. The Morgan fingerprint density at radius 1 is 1.30 bits per heavy atom. The van der Waals surface area contributed by atoms with Crippen molar-refractivity contribution < 1.29 is 4.74 Å². The molecule has 5 heteroatoms. The Hall–Kier alpha value is -0.980. The zero-order chi connectivity index (χ0) is 13.2. The molecule has 3 rings (SSSR count). The van der Waals surface area contributed by atoms with E-state index < -0.39 is 0 Å². The van der Waals surface area contributed by atoms with Gasteiger partial charge >= 0.3 is 0 Å². The predicted molar refractivity (Wildman–Crippen MR) is 91.7 cm³/mol. The molecule has 4 nitrogen and oxygen atoms in total. The van der Waals surface area contributed by atoms with Gasteiger partial charge < -0.3 is 15.8 Å². The lowest BCUT2D eigenvalue weighted by Gasteiger charge is -2.15. The lowest BCUT2D eigenvalue weighted by molar-refractivity contribution is 0.229. The van der Waals surface area contributed by atoms with Gasteiger partial charge in [-0.3, -0.25) is 0 Å². The van der Waals surface area contributed by atoms with E-state index in [0.717, 1.165) is 11.3 Å². The number of nitrogens with one attached hydrogen (secondary N) is 1. The third-order valence-corrected chi connectivity index (χ3v) is 3.98. The maximum Gasteiger partial charge on any atom is 0.189 e. The Morgan fingerprint density at radius 2 is 2.00 bits per heavy atom. The summed E-state index contributed by atoms with van der Waals surface area (Å²) in [6.07, 6.45) is 5.02. The molecular formula is C15H22IN3O. The smallest absolute Gasteiger partial charge is 0.189 e. The Labute approximate surface area is 137 Å². The van der Waals surface area contributed by atoms with Crippen LogP contribution < -0.4 is 15.8 Å². The van der Waals surface area contributed by atoms with E-state index in [4.69, 9.17) is 10.5 Å². The monoisotopic (exact) mass is 387 g/mol. The van der Waals surface area contributed by atoms with Crippen LogP contribution in [0.2, 0.25) is 0 Å². The van der Waals surface area contributed by atoms with E-state index in [2.05, 4.69) is 16.4 Å². The highest BCUT2D eigenvalue weighted by atomic mass is 127. The van der Waals surface area contributed by atoms with Crippen LogP contribution in [0.25, 0.3) is 0 Å². The summed E-state index contributed by atoms with van der Waals surface area (Å²) in [5, 5.41) is 3.33. The van der Waals surface area contributed by atoms with Gasteiger partial charge in [-0.05, 0) is 25.8 Å². The summed E-state index contributed by atoms with van der Waals surface area (Å²) in [4.78, 5) is 4.62. The third-order valence-electron chi connectivity index (χ3n) is 3.98. The first-order chi connectivity index (χ1) is 9.24. The highest BCUT2D eigenvalue weighted by Crippen LogP contribution is 2.38. The first-order valence-corrected chi connectivity index (χ1v) is 7.09. The summed E-state index contributed by atoms with van der Waals surface area (Å²) < 4.78 is 5.80. The number of ether oxygens (including phenoxy) is 1. The number of benzene rings is 1. The fourth-order valence-corrected chi connectivity index (χ4v) is 2.99. The average Bonchev–Trinajstić information content (AvgIpc) is 2.99. The number of aliphatic imine (C=N–C) groups is 1. The zero-order valence-corrected chi connectivity index (χ0v) is 14.0. The zero-order valence-electron chi connectivity index (χ0n) is 11.7. The number of halogens is 1. The summed E-state index contributed by atoms with van der Waals surface area (Å²) in [5.41, 5.74) is 7.17. The van der Waals surface area contributed by atoms with E-state index in [1.54, 1.807) is 0 Å². The van der Waals surface area contributed by atoms with Crippen molar-refractivity contribution in [3.05, 3.63) is 29.8 Å². The highest BCUT2D eigenvalue weighted by molar-refractivity contribution is 14.0. The van der Waals surface area contributed by atoms with Crippen molar-refractivity contribution in [1.82, 2.24) is 5.32 Å². The number of rotatable bonds is 2. The van der Waals surface area contributed by atoms with Gasteiger partial charge in [-0.15, -0.1) is 24.0 Å². The van der Waals surface area contributed by atoms with Crippen LogP contribution in [0.5, 0.6) is 5.75 Å². The Bertz CT molecular complexity index is 486. The van der Waals surface area contributed by atoms with Crippen LogP contribution in [0.1, 0.15) is 44.2 Å². The molecule has 110 valence electrons. The number of para-hydroxylation sites is 1. The van der Waals surface area contributed by atoms with Gasteiger partial charge in [-0.25, -0.2) is 4.99 Å². The average molecular weight is 387 g/mol. The van der Waals surface area contributed by atoms with Crippen molar-refractivity contribution in [3.8, 4) is 5.75 Å². The molecule has 0 saturated heterocycles. The molecule has 1 aliphatic carbocycles. The number of hydrogen-bond donors (Lipinski definition) is 2. The van der Waals surface area contributed by atoms with Gasteiger partial charge in [0.05, 0.1) is 0 Å². The lowest BCUT2D eigenvalue weighted by Crippen LogP contribution is -2.39. The molecule has 0 spiro atoms. The Balaban J connectivity index is 0.00000147. The van der Waals surface area contributed by atoms with Gasteiger partial charge in [0.2, 0.25) is 0 Å². The van der Waals surface area contributed by atoms with Gasteiger partial charge in [-0.1, -0.05) is 31.0 Å². The fourth-order valence-electron chi connectivity index (χ4n) is 2.99. The van der Waals surface area contributed by atoms with Crippen LogP contribution in [0.15, 0.2) is 29.3 Å². The summed E-state index contributed by atoms with van der Waals surface area (Å²) in [6.45, 7) is 2.04. The van der Waals surface area contributed by atoms with Crippen molar-refractivity contribution in [2.24, 2.45) is 10.7 Å². The molecule has 2 unspecified atom stereocenters. The van der Waals surface area contributed by atoms with Gasteiger partial charge in [0.25, 0.3) is 0 Å². The van der Waals surface area contributed by atoms with Crippen LogP contribution in [0, 0.1) is 0 Å². The van der Waals surface area contributed by atoms with E-state index in [1.807, 2.05) is 25.1 Å². The lowest BCUT2D eigenvalue weighted by atomic mass is 10.1. The molecule has 0 amide bonds. The van der Waals surface area contributed by atoms with Crippen molar-refractivity contribution in [1.29, 1.82) is 0 Å². The first kappa shape index (κ1) is 15.4. The van der Waals surface area contributed by atoms with Crippen molar-refractivity contribution >= 4 is 29.9 Å². The molecule has 20 heavy (non-hydrogen) atoms. The standard InChI is InChI=1S/C15H21N3O.HI/c1-10-14(12-8-4-5-9-13(12)19-10)18-15(16)17-11-6-2-3-7-11;/h4-5,8-11,14H,2-3,6-7H2,1H3,(H3,16,17,18);1H. The number of nitrogens with zero attached hydrogens (tertiary/aromatic N) is 1. The second-order valence-corrected chi connectivity index (χ2v) is 5.45. The molecule has 1 heterocycles. The van der Waals surface area contributed by atoms with Gasteiger partial charge in [-0.2, -0.15) is 0 Å². The fraction of sp³-hybridized carbons (Fsp3) is 0.533. The van der Waals surface area contributed by atoms with Gasteiger partial charge in [0.15, 0.2) is 5.96 Å². The molecule has 0 radical (unpaired) electrons. The predicted octanol–water partition coefficient (Wildman–Crippen LogP) is 2.97. The summed E-state index contributed by atoms with van der Waals surface area (Å²) in [7, 11) is 0. The Kier molecular flexibility index (Phi) is 5.12. The van der Waals surface area contributed by atoms with Crippen molar-refractivity contribution in [3.63, 3.8) is 0 Å². The number of hydrogen-bond acceptors (Lipinski definition) is 2. The maximum atomic E-state index is 6.04. The van der Waals surface area contributed by atoms with E-state index in [9.17, 15) is 0 Å². The minimum Gasteiger partial charge on any atom is -0.488 e. The third kappa shape index (κ3) is 3.19. The molecule has 3 N–H and O–H groups in total. The topological polar surface area (TPSA) is 59.6 Å².